The van der Waals surface area contributed by atoms with Gasteiger partial charge in [0.25, 0.3) is 0 Å². The van der Waals surface area contributed by atoms with Crippen molar-refractivity contribution in [3.8, 4) is 0 Å². The van der Waals surface area contributed by atoms with Crippen molar-refractivity contribution < 1.29 is 19.1 Å². The molecular weight excluding hydrogens is 244 g/mol. The topological polar surface area (TPSA) is 52.6 Å². The number of methoxy groups -OCH3 is 1. The van der Waals surface area contributed by atoms with Gasteiger partial charge in [0.15, 0.2) is 5.41 Å². The standard InChI is InChI=1S/C15H28O4/c1-6-8-9-10-11-15(12(3)16,13(4)18-5)14(17)19-7-2/h13H,6-11H2,1-5H3. The van der Waals surface area contributed by atoms with E-state index in [1.54, 1.807) is 13.8 Å². The molecule has 0 radical (unpaired) electrons. The van der Waals surface area contributed by atoms with E-state index < -0.39 is 17.5 Å². The van der Waals surface area contributed by atoms with Crippen molar-refractivity contribution in [2.24, 2.45) is 5.41 Å². The van der Waals surface area contributed by atoms with Crippen LogP contribution in [0, 0.1) is 5.41 Å². The average molecular weight is 272 g/mol. The molecule has 0 aromatic rings. The first-order valence-electron chi connectivity index (χ1n) is 7.18. The van der Waals surface area contributed by atoms with Crippen LogP contribution in [-0.2, 0) is 19.1 Å². The first-order chi connectivity index (χ1) is 8.97. The van der Waals surface area contributed by atoms with Gasteiger partial charge >= 0.3 is 5.97 Å². The molecule has 0 aliphatic rings. The molecule has 0 fully saturated rings. The molecule has 0 heterocycles. The highest BCUT2D eigenvalue weighted by Crippen LogP contribution is 2.34. The minimum absolute atomic E-state index is 0.170. The normalized spacial score (nSPS) is 15.6. The molecule has 0 saturated carbocycles. The molecule has 0 spiro atoms. The Hall–Kier alpha value is -0.900. The summed E-state index contributed by atoms with van der Waals surface area (Å²) < 4.78 is 10.4. The molecular formula is C15H28O4. The Morgan fingerprint density at radius 1 is 1.16 bits per heavy atom. The fourth-order valence-corrected chi connectivity index (χ4v) is 2.37. The van der Waals surface area contributed by atoms with Gasteiger partial charge in [0.05, 0.1) is 12.7 Å². The molecule has 2 unspecified atom stereocenters. The zero-order valence-corrected chi connectivity index (χ0v) is 13.0. The Balaban J connectivity index is 5.04. The van der Waals surface area contributed by atoms with Crippen molar-refractivity contribution in [3.63, 3.8) is 0 Å². The summed E-state index contributed by atoms with van der Waals surface area (Å²) in [6.07, 6.45) is 4.10. The number of hydrogen-bond acceptors (Lipinski definition) is 4. The molecule has 2 atom stereocenters. The van der Waals surface area contributed by atoms with Gasteiger partial charge < -0.3 is 9.47 Å². The number of rotatable bonds is 10. The summed E-state index contributed by atoms with van der Waals surface area (Å²) in [6, 6.07) is 0. The minimum atomic E-state index is -1.15. The van der Waals surface area contributed by atoms with Crippen LogP contribution < -0.4 is 0 Å². The predicted molar refractivity (Wildman–Crippen MR) is 75.0 cm³/mol. The minimum Gasteiger partial charge on any atom is -0.465 e. The molecule has 0 aromatic carbocycles. The van der Waals surface area contributed by atoms with Gasteiger partial charge in [-0.3, -0.25) is 9.59 Å². The van der Waals surface area contributed by atoms with Crippen molar-refractivity contribution >= 4 is 11.8 Å². The fourth-order valence-electron chi connectivity index (χ4n) is 2.37. The molecule has 4 nitrogen and oxygen atoms in total. The Morgan fingerprint density at radius 3 is 2.21 bits per heavy atom. The molecule has 0 aliphatic heterocycles. The highest BCUT2D eigenvalue weighted by Gasteiger charge is 2.49. The van der Waals surface area contributed by atoms with E-state index >= 15 is 0 Å². The molecule has 0 saturated heterocycles. The third kappa shape index (κ3) is 4.60. The third-order valence-electron chi connectivity index (χ3n) is 3.74. The number of hydrogen-bond donors (Lipinski definition) is 0. The second-order valence-electron chi connectivity index (χ2n) is 4.94. The van der Waals surface area contributed by atoms with Crippen LogP contribution in [0.2, 0.25) is 0 Å². The van der Waals surface area contributed by atoms with Crippen molar-refractivity contribution in [2.45, 2.75) is 65.9 Å². The first-order valence-corrected chi connectivity index (χ1v) is 7.18. The molecule has 19 heavy (non-hydrogen) atoms. The van der Waals surface area contributed by atoms with E-state index in [1.807, 2.05) is 0 Å². The molecule has 4 heteroatoms. The van der Waals surface area contributed by atoms with Gasteiger partial charge in [0, 0.05) is 7.11 Å². The highest BCUT2D eigenvalue weighted by atomic mass is 16.5. The molecule has 0 bridgehead atoms. The van der Waals surface area contributed by atoms with Crippen LogP contribution in [-0.4, -0.2) is 31.6 Å². The number of ether oxygens (including phenoxy) is 2. The van der Waals surface area contributed by atoms with Crippen molar-refractivity contribution in [1.82, 2.24) is 0 Å². The van der Waals surface area contributed by atoms with Crippen molar-refractivity contribution in [3.05, 3.63) is 0 Å². The summed E-state index contributed by atoms with van der Waals surface area (Å²) in [5.74, 6) is -0.620. The summed E-state index contributed by atoms with van der Waals surface area (Å²) in [4.78, 5) is 24.3. The summed E-state index contributed by atoms with van der Waals surface area (Å²) in [7, 11) is 1.52. The number of ketones is 1. The maximum absolute atomic E-state index is 12.2. The highest BCUT2D eigenvalue weighted by molar-refractivity contribution is 6.03. The monoisotopic (exact) mass is 272 g/mol. The Kier molecular flexibility index (Phi) is 8.65. The maximum atomic E-state index is 12.2. The van der Waals surface area contributed by atoms with Gasteiger partial charge in [-0.05, 0) is 27.2 Å². The van der Waals surface area contributed by atoms with Gasteiger partial charge in [0.2, 0.25) is 0 Å². The van der Waals surface area contributed by atoms with Gasteiger partial charge in [-0.25, -0.2) is 0 Å². The van der Waals surface area contributed by atoms with Crippen LogP contribution in [0.3, 0.4) is 0 Å². The first kappa shape index (κ1) is 18.1. The van der Waals surface area contributed by atoms with Crippen LogP contribution in [0.1, 0.15) is 59.8 Å². The molecule has 0 N–H and O–H groups in total. The second kappa shape index (κ2) is 9.08. The van der Waals surface area contributed by atoms with Crippen LogP contribution in [0.5, 0.6) is 0 Å². The zero-order valence-electron chi connectivity index (χ0n) is 13.0. The van der Waals surface area contributed by atoms with Gasteiger partial charge in [-0.1, -0.05) is 32.6 Å². The van der Waals surface area contributed by atoms with Crippen molar-refractivity contribution in [1.29, 1.82) is 0 Å². The fraction of sp³-hybridized carbons (Fsp3) is 0.867. The van der Waals surface area contributed by atoms with Crippen LogP contribution in [0.4, 0.5) is 0 Å². The van der Waals surface area contributed by atoms with E-state index in [9.17, 15) is 9.59 Å². The smallest absolute Gasteiger partial charge is 0.322 e. The maximum Gasteiger partial charge on any atom is 0.322 e. The lowest BCUT2D eigenvalue weighted by atomic mass is 9.74. The second-order valence-corrected chi connectivity index (χ2v) is 4.94. The van der Waals surface area contributed by atoms with Gasteiger partial charge in [-0.2, -0.15) is 0 Å². The molecule has 0 aromatic heterocycles. The lowest BCUT2D eigenvalue weighted by molar-refractivity contribution is -0.169. The van der Waals surface area contributed by atoms with E-state index in [0.717, 1.165) is 25.7 Å². The van der Waals surface area contributed by atoms with E-state index in [2.05, 4.69) is 6.92 Å². The molecule has 0 rings (SSSR count). The van der Waals surface area contributed by atoms with Crippen molar-refractivity contribution in [2.75, 3.05) is 13.7 Å². The van der Waals surface area contributed by atoms with Gasteiger partial charge in [-0.15, -0.1) is 0 Å². The van der Waals surface area contributed by atoms with Crippen LogP contribution in [0.15, 0.2) is 0 Å². The predicted octanol–water partition coefficient (Wildman–Crippen LogP) is 3.13. The van der Waals surface area contributed by atoms with E-state index in [0.29, 0.717) is 6.42 Å². The van der Waals surface area contributed by atoms with Crippen LogP contribution >= 0.6 is 0 Å². The Bertz CT molecular complexity index is 288. The molecule has 112 valence electrons. The molecule has 0 amide bonds. The summed E-state index contributed by atoms with van der Waals surface area (Å²) in [5.41, 5.74) is -1.15. The quantitative estimate of drug-likeness (QED) is 0.348. The summed E-state index contributed by atoms with van der Waals surface area (Å²) >= 11 is 0. The van der Waals surface area contributed by atoms with Gasteiger partial charge in [0.1, 0.15) is 5.78 Å². The average Bonchev–Trinajstić information content (AvgIpc) is 2.38. The zero-order chi connectivity index (χ0) is 14.9. The van der Waals surface area contributed by atoms with E-state index in [1.165, 1.54) is 14.0 Å². The lowest BCUT2D eigenvalue weighted by Gasteiger charge is -2.33. The largest absolute Gasteiger partial charge is 0.465 e. The lowest BCUT2D eigenvalue weighted by Crippen LogP contribution is -2.48. The number of carbonyl (C=O) groups excluding carboxylic acids is 2. The number of esters is 1. The molecule has 0 aliphatic carbocycles. The van der Waals surface area contributed by atoms with Crippen LogP contribution in [0.25, 0.3) is 0 Å². The number of Topliss-reactive ketones (excluding diaryl/α,β-unsaturated/α-hetero) is 1. The Morgan fingerprint density at radius 2 is 1.79 bits per heavy atom. The Labute approximate surface area is 116 Å². The third-order valence-corrected chi connectivity index (χ3v) is 3.74. The SMILES string of the molecule is CCCCCCC(C(C)=O)(C(=O)OCC)C(C)OC. The van der Waals surface area contributed by atoms with E-state index in [4.69, 9.17) is 9.47 Å². The van der Waals surface area contributed by atoms with E-state index in [-0.39, 0.29) is 12.4 Å². The number of carbonyl (C=O) groups is 2. The summed E-state index contributed by atoms with van der Waals surface area (Å²) in [6.45, 7) is 7.36. The summed E-state index contributed by atoms with van der Waals surface area (Å²) in [5, 5.41) is 0. The number of unbranched alkanes of at least 4 members (excludes halogenated alkanes) is 3.